The molecule has 1 aromatic rings. The summed E-state index contributed by atoms with van der Waals surface area (Å²) in [5, 5.41) is 3.06. The molecule has 0 atom stereocenters. The van der Waals surface area contributed by atoms with E-state index in [1.54, 1.807) is 21.3 Å². The first kappa shape index (κ1) is 15.1. The van der Waals surface area contributed by atoms with Gasteiger partial charge in [0, 0.05) is 27.7 Å². The molecule has 0 aliphatic heterocycles. The summed E-state index contributed by atoms with van der Waals surface area (Å²) in [5.41, 5.74) is 1.20. The van der Waals surface area contributed by atoms with Crippen LogP contribution in [0.5, 0.6) is 11.5 Å². The maximum Gasteiger partial charge on any atom is 0.193 e. The van der Waals surface area contributed by atoms with Gasteiger partial charge in [-0.05, 0) is 24.1 Å². The number of ether oxygens (including phenoxy) is 2. The van der Waals surface area contributed by atoms with E-state index in [-0.39, 0.29) is 0 Å². The smallest absolute Gasteiger partial charge is 0.193 e. The van der Waals surface area contributed by atoms with Gasteiger partial charge in [-0.25, -0.2) is 0 Å². The summed E-state index contributed by atoms with van der Waals surface area (Å²) in [4.78, 5) is 6.25. The predicted molar refractivity (Wildman–Crippen MR) is 78.3 cm³/mol. The Kier molecular flexibility index (Phi) is 5.99. The van der Waals surface area contributed by atoms with E-state index >= 15 is 0 Å². The number of likely N-dealkylation sites (N-methyl/N-ethyl adjacent to an activating group) is 1. The van der Waals surface area contributed by atoms with Gasteiger partial charge < -0.3 is 19.7 Å². The second-order valence-electron chi connectivity index (χ2n) is 4.16. The number of nitrogens with one attached hydrogen (secondary N) is 1. The molecule has 1 rings (SSSR count). The molecule has 0 aromatic heterocycles. The number of guanidine groups is 1. The van der Waals surface area contributed by atoms with Crippen LogP contribution >= 0.6 is 0 Å². The highest BCUT2D eigenvalue weighted by atomic mass is 16.5. The van der Waals surface area contributed by atoms with Crippen molar-refractivity contribution in [3.63, 3.8) is 0 Å². The minimum atomic E-state index is 0.755. The zero-order valence-electron chi connectivity index (χ0n) is 12.4. The first-order valence-corrected chi connectivity index (χ1v) is 6.22. The molecular formula is C14H23N3O2. The van der Waals surface area contributed by atoms with Crippen molar-refractivity contribution < 1.29 is 9.47 Å². The van der Waals surface area contributed by atoms with Crippen molar-refractivity contribution in [1.29, 1.82) is 0 Å². The zero-order chi connectivity index (χ0) is 14.3. The SMILES string of the molecule is CN=C(NC)N(C)CCc1ccc(OC)c(OC)c1. The van der Waals surface area contributed by atoms with Crippen LogP contribution in [0.4, 0.5) is 0 Å². The highest BCUT2D eigenvalue weighted by Crippen LogP contribution is 2.27. The van der Waals surface area contributed by atoms with Gasteiger partial charge in [-0.15, -0.1) is 0 Å². The van der Waals surface area contributed by atoms with Crippen LogP contribution in [0.2, 0.25) is 0 Å². The quantitative estimate of drug-likeness (QED) is 0.645. The fourth-order valence-electron chi connectivity index (χ4n) is 1.91. The summed E-state index contributed by atoms with van der Waals surface area (Å²) in [6, 6.07) is 5.99. The highest BCUT2D eigenvalue weighted by Gasteiger charge is 2.07. The van der Waals surface area contributed by atoms with Crippen molar-refractivity contribution in [1.82, 2.24) is 10.2 Å². The second-order valence-corrected chi connectivity index (χ2v) is 4.16. The third kappa shape index (κ3) is 4.05. The maximum absolute atomic E-state index is 5.30. The van der Waals surface area contributed by atoms with Crippen molar-refractivity contribution in [2.75, 3.05) is 41.9 Å². The van der Waals surface area contributed by atoms with E-state index in [9.17, 15) is 0 Å². The van der Waals surface area contributed by atoms with E-state index in [1.165, 1.54) is 5.56 Å². The molecule has 106 valence electrons. The summed E-state index contributed by atoms with van der Waals surface area (Å²) in [5.74, 6) is 2.40. The normalized spacial score (nSPS) is 11.1. The van der Waals surface area contributed by atoms with Crippen LogP contribution in [0.25, 0.3) is 0 Å². The predicted octanol–water partition coefficient (Wildman–Crippen LogP) is 1.38. The number of hydrogen-bond acceptors (Lipinski definition) is 3. The molecule has 19 heavy (non-hydrogen) atoms. The molecule has 1 aromatic carbocycles. The lowest BCUT2D eigenvalue weighted by Gasteiger charge is -2.20. The fourth-order valence-corrected chi connectivity index (χ4v) is 1.91. The summed E-state index contributed by atoms with van der Waals surface area (Å²) in [6.07, 6.45) is 0.914. The van der Waals surface area contributed by atoms with Crippen LogP contribution in [0.3, 0.4) is 0 Å². The topological polar surface area (TPSA) is 46.1 Å². The lowest BCUT2D eigenvalue weighted by Crippen LogP contribution is -2.37. The highest BCUT2D eigenvalue weighted by molar-refractivity contribution is 5.79. The molecule has 0 amide bonds. The van der Waals surface area contributed by atoms with Crippen molar-refractivity contribution in [3.8, 4) is 11.5 Å². The van der Waals surface area contributed by atoms with E-state index in [4.69, 9.17) is 9.47 Å². The average molecular weight is 265 g/mol. The molecule has 1 N–H and O–H groups in total. The molecular weight excluding hydrogens is 242 g/mol. The van der Waals surface area contributed by atoms with Crippen LogP contribution in [-0.4, -0.2) is 52.8 Å². The van der Waals surface area contributed by atoms with Crippen LogP contribution in [-0.2, 0) is 6.42 Å². The van der Waals surface area contributed by atoms with Gasteiger partial charge in [0.15, 0.2) is 17.5 Å². The van der Waals surface area contributed by atoms with Crippen LogP contribution in [0, 0.1) is 0 Å². The Bertz CT molecular complexity index is 433. The lowest BCUT2D eigenvalue weighted by atomic mass is 10.1. The third-order valence-corrected chi connectivity index (χ3v) is 2.98. The van der Waals surface area contributed by atoms with Gasteiger partial charge in [0.25, 0.3) is 0 Å². The van der Waals surface area contributed by atoms with Gasteiger partial charge in [0.1, 0.15) is 0 Å². The second kappa shape index (κ2) is 7.51. The molecule has 0 fully saturated rings. The fraction of sp³-hybridized carbons (Fsp3) is 0.500. The van der Waals surface area contributed by atoms with Crippen molar-refractivity contribution in [2.45, 2.75) is 6.42 Å². The van der Waals surface area contributed by atoms with E-state index < -0.39 is 0 Å². The summed E-state index contributed by atoms with van der Waals surface area (Å²) < 4.78 is 10.5. The minimum absolute atomic E-state index is 0.755. The Hall–Kier alpha value is -1.91. The Morgan fingerprint density at radius 2 is 1.95 bits per heavy atom. The summed E-state index contributed by atoms with van der Waals surface area (Å²) in [7, 11) is 8.95. The maximum atomic E-state index is 5.30. The van der Waals surface area contributed by atoms with Gasteiger partial charge >= 0.3 is 0 Å². The molecule has 0 heterocycles. The number of benzene rings is 1. The van der Waals surface area contributed by atoms with Gasteiger partial charge in [-0.3, -0.25) is 4.99 Å². The van der Waals surface area contributed by atoms with Crippen molar-refractivity contribution in [2.24, 2.45) is 4.99 Å². The third-order valence-electron chi connectivity index (χ3n) is 2.98. The van der Waals surface area contributed by atoms with Crippen LogP contribution in [0.15, 0.2) is 23.2 Å². The van der Waals surface area contributed by atoms with Gasteiger partial charge in [0.05, 0.1) is 14.2 Å². The molecule has 0 spiro atoms. The Morgan fingerprint density at radius 1 is 1.26 bits per heavy atom. The first-order chi connectivity index (χ1) is 9.15. The van der Waals surface area contributed by atoms with E-state index in [1.807, 2.05) is 26.2 Å². The van der Waals surface area contributed by atoms with Crippen molar-refractivity contribution >= 4 is 5.96 Å². The monoisotopic (exact) mass is 265 g/mol. The molecule has 5 heteroatoms. The standard InChI is InChI=1S/C14H23N3O2/c1-15-14(16-2)17(3)9-8-11-6-7-12(18-4)13(10-11)19-5/h6-7,10H,8-9H2,1-5H3,(H,15,16). The number of hydrogen-bond donors (Lipinski definition) is 1. The number of methoxy groups -OCH3 is 2. The largest absolute Gasteiger partial charge is 0.493 e. The van der Waals surface area contributed by atoms with E-state index in [0.717, 1.165) is 30.4 Å². The van der Waals surface area contributed by atoms with Crippen LogP contribution in [0.1, 0.15) is 5.56 Å². The van der Waals surface area contributed by atoms with Gasteiger partial charge in [-0.2, -0.15) is 0 Å². The van der Waals surface area contributed by atoms with E-state index in [0.29, 0.717) is 0 Å². The molecule has 0 unspecified atom stereocenters. The van der Waals surface area contributed by atoms with Crippen molar-refractivity contribution in [3.05, 3.63) is 23.8 Å². The van der Waals surface area contributed by atoms with Gasteiger partial charge in [-0.1, -0.05) is 6.07 Å². The molecule has 0 saturated heterocycles. The Labute approximate surface area is 115 Å². The summed E-state index contributed by atoms with van der Waals surface area (Å²) >= 11 is 0. The number of rotatable bonds is 5. The van der Waals surface area contributed by atoms with Crippen LogP contribution < -0.4 is 14.8 Å². The first-order valence-electron chi connectivity index (χ1n) is 6.22. The Balaban J connectivity index is 2.68. The number of nitrogens with zero attached hydrogens (tertiary/aromatic N) is 2. The zero-order valence-corrected chi connectivity index (χ0v) is 12.4. The Morgan fingerprint density at radius 3 is 2.47 bits per heavy atom. The summed E-state index contributed by atoms with van der Waals surface area (Å²) in [6.45, 7) is 0.878. The van der Waals surface area contributed by atoms with E-state index in [2.05, 4.69) is 21.3 Å². The molecule has 0 saturated carbocycles. The lowest BCUT2D eigenvalue weighted by molar-refractivity contribution is 0.354. The minimum Gasteiger partial charge on any atom is -0.493 e. The molecule has 5 nitrogen and oxygen atoms in total. The average Bonchev–Trinajstić information content (AvgIpc) is 2.45. The molecule has 0 aliphatic carbocycles. The van der Waals surface area contributed by atoms with Gasteiger partial charge in [0.2, 0.25) is 0 Å². The molecule has 0 bridgehead atoms. The molecule has 0 radical (unpaired) electrons. The number of aliphatic imine (C=N–C) groups is 1. The molecule has 0 aliphatic rings.